The van der Waals surface area contributed by atoms with Gasteiger partial charge in [0.15, 0.2) is 0 Å². The molecule has 0 N–H and O–H groups in total. The summed E-state index contributed by atoms with van der Waals surface area (Å²) in [5.74, 6) is 0. The lowest BCUT2D eigenvalue weighted by Crippen LogP contribution is -1.69. The van der Waals surface area contributed by atoms with E-state index in [1.807, 2.05) is 0 Å². The van der Waals surface area contributed by atoms with Crippen LogP contribution in [0.1, 0.15) is 6.42 Å². The summed E-state index contributed by atoms with van der Waals surface area (Å²) in [7, 11) is 0. The summed E-state index contributed by atoms with van der Waals surface area (Å²) < 4.78 is 21.8. The van der Waals surface area contributed by atoms with Gasteiger partial charge in [-0.1, -0.05) is 6.08 Å². The van der Waals surface area contributed by atoms with Crippen LogP contribution in [0.5, 0.6) is 0 Å². The van der Waals surface area contributed by atoms with Gasteiger partial charge in [0, 0.05) is 6.42 Å². The monoisotopic (exact) mass is 91.0 g/mol. The highest BCUT2D eigenvalue weighted by atomic mass is 19.3. The molecule has 0 heterocycles. The molecule has 0 aliphatic carbocycles. The highest BCUT2D eigenvalue weighted by Gasteiger charge is 1.97. The average molecular weight is 91.1 g/mol. The second-order valence-corrected chi connectivity index (χ2v) is 0.831. The molecule has 0 aliphatic rings. The zero-order chi connectivity index (χ0) is 4.99. The summed E-state index contributed by atoms with van der Waals surface area (Å²) in [4.78, 5) is 0. The first kappa shape index (κ1) is 5.60. The Morgan fingerprint density at radius 1 is 1.67 bits per heavy atom. The second-order valence-electron chi connectivity index (χ2n) is 0.831. The predicted octanol–water partition coefficient (Wildman–Crippen LogP) is 1.99. The number of hydrogen-bond donors (Lipinski definition) is 0. The molecule has 0 amide bonds. The number of halogens is 2. The zero-order valence-electron chi connectivity index (χ0n) is 3.25. The van der Waals surface area contributed by atoms with Gasteiger partial charge in [0.1, 0.15) is 0 Å². The van der Waals surface area contributed by atoms with Gasteiger partial charge in [-0.05, 0) is 0 Å². The summed E-state index contributed by atoms with van der Waals surface area (Å²) in [5, 5.41) is 0. The van der Waals surface area contributed by atoms with E-state index in [0.29, 0.717) is 0 Å². The van der Waals surface area contributed by atoms with Crippen molar-refractivity contribution in [2.45, 2.75) is 6.42 Å². The lowest BCUT2D eigenvalue weighted by molar-refractivity contribution is 0.286. The molecule has 0 atom stereocenters. The summed E-state index contributed by atoms with van der Waals surface area (Å²) in [6.07, 6.45) is -0.694. The van der Waals surface area contributed by atoms with E-state index in [0.717, 1.165) is 6.08 Å². The molecule has 0 aromatic heterocycles. The molecular formula is C4H5F2. The maximum atomic E-state index is 10.9. The van der Waals surface area contributed by atoms with Gasteiger partial charge in [0.05, 0.1) is 0 Å². The van der Waals surface area contributed by atoms with Gasteiger partial charge in [-0.25, -0.2) is 0 Å². The molecule has 0 aromatic carbocycles. The highest BCUT2D eigenvalue weighted by Crippen LogP contribution is 2.06. The van der Waals surface area contributed by atoms with E-state index in [-0.39, 0.29) is 6.42 Å². The van der Waals surface area contributed by atoms with E-state index in [4.69, 9.17) is 0 Å². The van der Waals surface area contributed by atoms with E-state index < -0.39 is 6.43 Å². The van der Waals surface area contributed by atoms with Crippen molar-refractivity contribution >= 4 is 0 Å². The molecule has 0 spiro atoms. The minimum absolute atomic E-state index is 0.278. The maximum absolute atomic E-state index is 10.9. The molecule has 0 bridgehead atoms. The standard InChI is InChI=1S/C4H5F2/c1-2-3-4(5)6/h2H,1,3H2. The van der Waals surface area contributed by atoms with Crippen molar-refractivity contribution in [2.24, 2.45) is 0 Å². The Balaban J connectivity index is 2.81. The van der Waals surface area contributed by atoms with Crippen molar-refractivity contribution in [3.8, 4) is 0 Å². The lowest BCUT2D eigenvalue weighted by atomic mass is 10.5. The molecule has 0 aromatic rings. The third-order valence-electron chi connectivity index (χ3n) is 0.299. The minimum Gasteiger partial charge on any atom is -0.200 e. The Labute approximate surface area is 35.5 Å². The Morgan fingerprint density at radius 2 is 2.17 bits per heavy atom. The largest absolute Gasteiger partial charge is 0.313 e. The third-order valence-corrected chi connectivity index (χ3v) is 0.299. The zero-order valence-corrected chi connectivity index (χ0v) is 3.25. The van der Waals surface area contributed by atoms with Crippen molar-refractivity contribution in [3.63, 3.8) is 0 Å². The third kappa shape index (κ3) is 3.60. The molecule has 35 valence electrons. The number of hydrogen-bond acceptors (Lipinski definition) is 0. The first-order valence-corrected chi connectivity index (χ1v) is 1.55. The predicted molar refractivity (Wildman–Crippen MR) is 20.3 cm³/mol. The molecule has 0 unspecified atom stereocenters. The number of allylic oxidation sites excluding steroid dienone is 1. The van der Waals surface area contributed by atoms with Crippen LogP contribution in [-0.2, 0) is 0 Å². The van der Waals surface area contributed by atoms with E-state index >= 15 is 0 Å². The van der Waals surface area contributed by atoms with Crippen LogP contribution in [0.15, 0.2) is 12.7 Å². The Morgan fingerprint density at radius 3 is 2.17 bits per heavy atom. The van der Waals surface area contributed by atoms with Gasteiger partial charge >= 0.3 is 6.43 Å². The van der Waals surface area contributed by atoms with Crippen LogP contribution in [0.2, 0.25) is 0 Å². The van der Waals surface area contributed by atoms with Gasteiger partial charge in [-0.2, -0.15) is 8.78 Å². The van der Waals surface area contributed by atoms with Gasteiger partial charge in [-0.3, -0.25) is 0 Å². The molecule has 0 rings (SSSR count). The highest BCUT2D eigenvalue weighted by molar-refractivity contribution is 4.75. The van der Waals surface area contributed by atoms with Gasteiger partial charge in [0.2, 0.25) is 0 Å². The molecule has 0 saturated carbocycles. The molecule has 0 aliphatic heterocycles. The van der Waals surface area contributed by atoms with Crippen LogP contribution in [0, 0.1) is 6.43 Å². The normalized spacial score (nSPS) is 9.17. The van der Waals surface area contributed by atoms with Crippen molar-refractivity contribution in [2.75, 3.05) is 0 Å². The molecule has 0 saturated heterocycles. The first-order valence-electron chi connectivity index (χ1n) is 1.55. The summed E-state index contributed by atoms with van der Waals surface area (Å²) in [6.45, 7) is 3.10. The van der Waals surface area contributed by atoms with E-state index in [1.165, 1.54) is 0 Å². The van der Waals surface area contributed by atoms with Crippen LogP contribution in [0.3, 0.4) is 0 Å². The Kier molecular flexibility index (Phi) is 2.63. The van der Waals surface area contributed by atoms with Crippen molar-refractivity contribution in [1.82, 2.24) is 0 Å². The van der Waals surface area contributed by atoms with Crippen LogP contribution in [0.25, 0.3) is 0 Å². The molecule has 1 radical (unpaired) electrons. The van der Waals surface area contributed by atoms with Crippen molar-refractivity contribution in [3.05, 3.63) is 19.1 Å². The van der Waals surface area contributed by atoms with Crippen LogP contribution >= 0.6 is 0 Å². The average Bonchev–Trinajstić information content (AvgIpc) is 1.35. The quantitative estimate of drug-likeness (QED) is 0.456. The van der Waals surface area contributed by atoms with Gasteiger partial charge in [0.25, 0.3) is 0 Å². The van der Waals surface area contributed by atoms with Crippen molar-refractivity contribution < 1.29 is 8.78 Å². The molecule has 6 heavy (non-hydrogen) atoms. The molecule has 2 heteroatoms. The number of rotatable bonds is 2. The summed E-state index contributed by atoms with van der Waals surface area (Å²) in [5.41, 5.74) is 0. The van der Waals surface area contributed by atoms with Crippen LogP contribution in [-0.4, -0.2) is 0 Å². The summed E-state index contributed by atoms with van der Waals surface area (Å²) >= 11 is 0. The molecule has 0 fully saturated rings. The van der Waals surface area contributed by atoms with E-state index in [9.17, 15) is 8.78 Å². The van der Waals surface area contributed by atoms with Crippen LogP contribution in [0.4, 0.5) is 8.78 Å². The topological polar surface area (TPSA) is 0 Å². The van der Waals surface area contributed by atoms with Crippen LogP contribution < -0.4 is 0 Å². The van der Waals surface area contributed by atoms with E-state index in [2.05, 4.69) is 6.58 Å². The van der Waals surface area contributed by atoms with Gasteiger partial charge in [-0.15, -0.1) is 6.58 Å². The first-order chi connectivity index (χ1) is 2.77. The fourth-order valence-corrected chi connectivity index (χ4v) is 0.109. The van der Waals surface area contributed by atoms with Gasteiger partial charge < -0.3 is 0 Å². The fourth-order valence-electron chi connectivity index (χ4n) is 0.109. The van der Waals surface area contributed by atoms with E-state index in [1.54, 1.807) is 0 Å². The smallest absolute Gasteiger partial charge is 0.200 e. The Hall–Kier alpha value is -0.400. The Bertz CT molecular complexity index is 40.8. The fraction of sp³-hybridized carbons (Fsp3) is 0.250. The lowest BCUT2D eigenvalue weighted by Gasteiger charge is -1.81. The maximum Gasteiger partial charge on any atom is 0.313 e. The summed E-state index contributed by atoms with van der Waals surface area (Å²) in [6, 6.07) is 0. The SMILES string of the molecule is C=CC[C](F)F. The van der Waals surface area contributed by atoms with Crippen molar-refractivity contribution in [1.29, 1.82) is 0 Å². The minimum atomic E-state index is -1.58. The molecule has 0 nitrogen and oxygen atoms in total. The molecular weight excluding hydrogens is 86.0 g/mol. The second kappa shape index (κ2) is 2.82.